The summed E-state index contributed by atoms with van der Waals surface area (Å²) in [6, 6.07) is 14.1. The van der Waals surface area contributed by atoms with Gasteiger partial charge in [0.2, 0.25) is 0 Å². The zero-order chi connectivity index (χ0) is 17.3. The first-order chi connectivity index (χ1) is 12.0. The van der Waals surface area contributed by atoms with Gasteiger partial charge in [0.05, 0.1) is 22.9 Å². The molecular weight excluding hydrogens is 311 g/mol. The molecule has 4 aromatic rings. The van der Waals surface area contributed by atoms with E-state index in [9.17, 15) is 10.0 Å². The minimum Gasteiger partial charge on any atom is -0.423 e. The van der Waals surface area contributed by atoms with Crippen molar-refractivity contribution in [1.82, 2.24) is 9.55 Å². The van der Waals surface area contributed by atoms with Crippen molar-refractivity contribution in [3.63, 3.8) is 0 Å². The van der Waals surface area contributed by atoms with Crippen LogP contribution in [0.25, 0.3) is 27.5 Å². The summed E-state index contributed by atoms with van der Waals surface area (Å²) < 4.78 is 2.25. The van der Waals surface area contributed by atoms with E-state index in [-0.39, 0.29) is 5.41 Å². The number of rotatable bonds is 1. The van der Waals surface area contributed by atoms with Crippen molar-refractivity contribution < 1.29 is 10.0 Å². The Balaban J connectivity index is 2.04. The molecule has 5 rings (SSSR count). The molecule has 0 radical (unpaired) electrons. The Labute approximate surface area is 145 Å². The van der Waals surface area contributed by atoms with E-state index in [0.717, 1.165) is 22.0 Å². The van der Waals surface area contributed by atoms with Crippen LogP contribution in [0.15, 0.2) is 54.9 Å². The lowest BCUT2D eigenvalue weighted by atomic mass is 9.75. The average Bonchev–Trinajstić information content (AvgIpc) is 2.94. The molecule has 25 heavy (non-hydrogen) atoms. The molecule has 1 aliphatic heterocycles. The zero-order valence-corrected chi connectivity index (χ0v) is 14.1. The highest BCUT2D eigenvalue weighted by Gasteiger charge is 2.35. The first-order valence-corrected chi connectivity index (χ1v) is 8.39. The molecule has 4 nitrogen and oxygen atoms in total. The SMILES string of the molecule is CC1(C)c2ccncc2-n2c3ccc(B(O)O)cc3c3cccc1c32. The van der Waals surface area contributed by atoms with Gasteiger partial charge in [0.25, 0.3) is 0 Å². The number of fused-ring (bicyclic) bond motifs is 5. The van der Waals surface area contributed by atoms with E-state index in [1.807, 2.05) is 24.5 Å². The first-order valence-electron chi connectivity index (χ1n) is 8.39. The molecule has 0 aliphatic carbocycles. The summed E-state index contributed by atoms with van der Waals surface area (Å²) in [5.41, 5.74) is 6.20. The van der Waals surface area contributed by atoms with Crippen molar-refractivity contribution in [2.24, 2.45) is 0 Å². The van der Waals surface area contributed by atoms with Crippen LogP contribution in [0.4, 0.5) is 0 Å². The van der Waals surface area contributed by atoms with Crippen LogP contribution in [-0.4, -0.2) is 26.7 Å². The predicted molar refractivity (Wildman–Crippen MR) is 101 cm³/mol. The molecule has 122 valence electrons. The van der Waals surface area contributed by atoms with Gasteiger partial charge >= 0.3 is 7.12 Å². The summed E-state index contributed by atoms with van der Waals surface area (Å²) >= 11 is 0. The Morgan fingerprint density at radius 3 is 2.64 bits per heavy atom. The molecule has 2 N–H and O–H groups in total. The van der Waals surface area contributed by atoms with Crippen LogP contribution < -0.4 is 5.46 Å². The van der Waals surface area contributed by atoms with E-state index >= 15 is 0 Å². The smallest absolute Gasteiger partial charge is 0.423 e. The van der Waals surface area contributed by atoms with E-state index < -0.39 is 7.12 Å². The van der Waals surface area contributed by atoms with Crippen LogP contribution in [0, 0.1) is 0 Å². The maximum atomic E-state index is 9.57. The lowest BCUT2D eigenvalue weighted by Gasteiger charge is -2.34. The average molecular weight is 328 g/mol. The third-order valence-corrected chi connectivity index (χ3v) is 5.50. The molecule has 0 saturated heterocycles. The van der Waals surface area contributed by atoms with Crippen molar-refractivity contribution in [3.05, 3.63) is 66.0 Å². The Bertz CT molecular complexity index is 1160. The number of pyridine rings is 1. The molecule has 0 fully saturated rings. The fourth-order valence-electron chi connectivity index (χ4n) is 4.24. The second-order valence-electron chi connectivity index (χ2n) is 7.21. The number of hydrogen-bond donors (Lipinski definition) is 2. The Morgan fingerprint density at radius 1 is 1.00 bits per heavy atom. The molecule has 0 amide bonds. The maximum absolute atomic E-state index is 9.57. The van der Waals surface area contributed by atoms with Gasteiger partial charge in [-0.1, -0.05) is 44.2 Å². The number of benzene rings is 2. The van der Waals surface area contributed by atoms with Gasteiger partial charge < -0.3 is 14.6 Å². The second-order valence-corrected chi connectivity index (χ2v) is 7.21. The third-order valence-electron chi connectivity index (χ3n) is 5.50. The van der Waals surface area contributed by atoms with E-state index in [1.54, 1.807) is 6.07 Å². The fourth-order valence-corrected chi connectivity index (χ4v) is 4.24. The van der Waals surface area contributed by atoms with Gasteiger partial charge in [-0.3, -0.25) is 4.98 Å². The molecule has 2 aromatic heterocycles. The van der Waals surface area contributed by atoms with Gasteiger partial charge in [0, 0.05) is 22.4 Å². The minimum atomic E-state index is -1.47. The lowest BCUT2D eigenvalue weighted by Crippen LogP contribution is -2.29. The maximum Gasteiger partial charge on any atom is 0.488 e. The summed E-state index contributed by atoms with van der Waals surface area (Å²) in [5.74, 6) is 0. The monoisotopic (exact) mass is 328 g/mol. The van der Waals surface area contributed by atoms with Crippen LogP contribution in [-0.2, 0) is 5.41 Å². The lowest BCUT2D eigenvalue weighted by molar-refractivity contribution is 0.426. The highest BCUT2D eigenvalue weighted by Crippen LogP contribution is 2.46. The summed E-state index contributed by atoms with van der Waals surface area (Å²) in [6.45, 7) is 4.48. The van der Waals surface area contributed by atoms with Crippen LogP contribution in [0.1, 0.15) is 25.0 Å². The van der Waals surface area contributed by atoms with Crippen LogP contribution in [0.5, 0.6) is 0 Å². The molecule has 0 unspecified atom stereocenters. The highest BCUT2D eigenvalue weighted by molar-refractivity contribution is 6.59. The Morgan fingerprint density at radius 2 is 1.84 bits per heavy atom. The van der Waals surface area contributed by atoms with E-state index in [2.05, 4.69) is 47.7 Å². The van der Waals surface area contributed by atoms with Gasteiger partial charge in [0.15, 0.2) is 0 Å². The number of hydrogen-bond acceptors (Lipinski definition) is 3. The number of aromatic nitrogens is 2. The molecule has 3 heterocycles. The molecule has 0 saturated carbocycles. The van der Waals surface area contributed by atoms with Gasteiger partial charge in [-0.25, -0.2) is 0 Å². The quantitative estimate of drug-likeness (QED) is 0.528. The van der Waals surface area contributed by atoms with Crippen molar-refractivity contribution >= 4 is 34.4 Å². The zero-order valence-electron chi connectivity index (χ0n) is 14.1. The van der Waals surface area contributed by atoms with Crippen LogP contribution in [0.3, 0.4) is 0 Å². The van der Waals surface area contributed by atoms with Gasteiger partial charge in [0.1, 0.15) is 0 Å². The molecule has 0 spiro atoms. The molecular formula is C20H17BN2O2. The molecule has 2 aromatic carbocycles. The van der Waals surface area contributed by atoms with Crippen molar-refractivity contribution in [2.45, 2.75) is 19.3 Å². The van der Waals surface area contributed by atoms with Crippen molar-refractivity contribution in [2.75, 3.05) is 0 Å². The summed E-state index contributed by atoms with van der Waals surface area (Å²) in [7, 11) is -1.47. The highest BCUT2D eigenvalue weighted by atomic mass is 16.4. The van der Waals surface area contributed by atoms with Crippen molar-refractivity contribution in [3.8, 4) is 5.69 Å². The molecule has 0 atom stereocenters. The normalized spacial score (nSPS) is 14.7. The molecule has 5 heteroatoms. The summed E-state index contributed by atoms with van der Waals surface area (Å²) in [6.07, 6.45) is 3.76. The fraction of sp³-hybridized carbons (Fsp3) is 0.150. The minimum absolute atomic E-state index is 0.124. The second kappa shape index (κ2) is 4.72. The van der Waals surface area contributed by atoms with Crippen LogP contribution in [0.2, 0.25) is 0 Å². The predicted octanol–water partition coefficient (Wildman–Crippen LogP) is 2.50. The van der Waals surface area contributed by atoms with Crippen LogP contribution >= 0.6 is 0 Å². The van der Waals surface area contributed by atoms with E-state index in [4.69, 9.17) is 0 Å². The Kier molecular flexibility index (Phi) is 2.77. The van der Waals surface area contributed by atoms with E-state index in [1.165, 1.54) is 16.6 Å². The topological polar surface area (TPSA) is 58.3 Å². The Hall–Kier alpha value is -2.63. The van der Waals surface area contributed by atoms with Gasteiger partial charge in [-0.05, 0) is 28.7 Å². The first kappa shape index (κ1) is 14.7. The molecule has 0 bridgehead atoms. The number of para-hydroxylation sites is 1. The summed E-state index contributed by atoms with van der Waals surface area (Å²) in [4.78, 5) is 4.35. The summed E-state index contributed by atoms with van der Waals surface area (Å²) in [5, 5.41) is 21.3. The largest absolute Gasteiger partial charge is 0.488 e. The molecule has 1 aliphatic rings. The van der Waals surface area contributed by atoms with Crippen molar-refractivity contribution in [1.29, 1.82) is 0 Å². The van der Waals surface area contributed by atoms with Gasteiger partial charge in [-0.2, -0.15) is 0 Å². The third kappa shape index (κ3) is 1.77. The standard InChI is InChI=1S/C20H17BN2O2/c1-20(2)15-8-9-22-11-18(15)23-17-7-6-12(21(24)25)10-14(17)13-4-3-5-16(20)19(13)23/h3-11,24-25H,1-2H3. The number of nitrogens with zero attached hydrogens (tertiary/aromatic N) is 2. The van der Waals surface area contributed by atoms with Gasteiger partial charge in [-0.15, -0.1) is 0 Å². The van der Waals surface area contributed by atoms with E-state index in [0.29, 0.717) is 5.46 Å².